The van der Waals surface area contributed by atoms with E-state index >= 15 is 0 Å². The van der Waals surface area contributed by atoms with Gasteiger partial charge in [-0.1, -0.05) is 23.1 Å². The number of azo groups is 1. The molecule has 69 valence electrons. The van der Waals surface area contributed by atoms with E-state index in [0.717, 1.165) is 0 Å². The van der Waals surface area contributed by atoms with E-state index in [2.05, 4.69) is 5.11 Å². The molecule has 0 spiro atoms. The second kappa shape index (κ2) is 4.22. The SMILES string of the molecule is [O-][N+](=Nc1ccccc1)[C]1[CH][CH][CH][CH]1. The Morgan fingerprint density at radius 3 is 2.29 bits per heavy atom. The van der Waals surface area contributed by atoms with E-state index in [1.54, 1.807) is 37.8 Å². The molecule has 5 radical (unpaired) electrons. The Balaban J connectivity index is 2.10. The second-order valence-corrected chi connectivity index (χ2v) is 2.85. The van der Waals surface area contributed by atoms with Gasteiger partial charge < -0.3 is 5.21 Å². The Morgan fingerprint density at radius 2 is 1.64 bits per heavy atom. The third-order valence-electron chi connectivity index (χ3n) is 1.83. The Kier molecular flexibility index (Phi) is 2.77. The zero-order chi connectivity index (χ0) is 9.80. The number of rotatable bonds is 2. The quantitative estimate of drug-likeness (QED) is 0.396. The van der Waals surface area contributed by atoms with Gasteiger partial charge in [0, 0.05) is 18.0 Å². The lowest BCUT2D eigenvalue weighted by atomic mass is 10.3. The molecule has 1 aromatic carbocycles. The van der Waals surface area contributed by atoms with Gasteiger partial charge in [0.25, 0.3) is 6.04 Å². The van der Waals surface area contributed by atoms with Crippen LogP contribution in [0.15, 0.2) is 35.4 Å². The molecule has 0 unspecified atom stereocenters. The highest BCUT2D eigenvalue weighted by Gasteiger charge is 2.27. The Morgan fingerprint density at radius 1 is 1.00 bits per heavy atom. The number of hydrogen-bond donors (Lipinski definition) is 0. The van der Waals surface area contributed by atoms with Crippen molar-refractivity contribution in [3.05, 3.63) is 67.3 Å². The molecule has 1 fully saturated rings. The van der Waals surface area contributed by atoms with Crippen LogP contribution in [-0.2, 0) is 0 Å². The van der Waals surface area contributed by atoms with E-state index in [9.17, 15) is 5.21 Å². The molecular formula is C11H9N2O. The van der Waals surface area contributed by atoms with Crippen LogP contribution in [0.25, 0.3) is 0 Å². The normalized spacial score (nSPS) is 18.7. The molecule has 2 rings (SSSR count). The van der Waals surface area contributed by atoms with E-state index in [1.165, 1.54) is 0 Å². The van der Waals surface area contributed by atoms with Crippen molar-refractivity contribution in [2.24, 2.45) is 5.11 Å². The summed E-state index contributed by atoms with van der Waals surface area (Å²) in [7, 11) is 0. The maximum absolute atomic E-state index is 11.4. The molecule has 0 aromatic heterocycles. The van der Waals surface area contributed by atoms with E-state index in [1.807, 2.05) is 18.2 Å². The fourth-order valence-electron chi connectivity index (χ4n) is 1.15. The highest BCUT2D eigenvalue weighted by Crippen LogP contribution is 2.25. The van der Waals surface area contributed by atoms with Crippen LogP contribution in [0.2, 0.25) is 0 Å². The first-order valence-electron chi connectivity index (χ1n) is 4.32. The summed E-state index contributed by atoms with van der Waals surface area (Å²) in [6, 6.07) is 9.70. The smallest absolute Gasteiger partial charge is 0.273 e. The van der Waals surface area contributed by atoms with Crippen LogP contribution < -0.4 is 0 Å². The topological polar surface area (TPSA) is 38.4 Å². The average Bonchev–Trinajstić information content (AvgIpc) is 2.72. The standard InChI is InChI=1S/C11H9N2O/c14-13(11-8-4-5-9-11)12-10-6-2-1-3-7-10/h1-9H. The van der Waals surface area contributed by atoms with Crippen molar-refractivity contribution in [1.82, 2.24) is 0 Å². The maximum Gasteiger partial charge on any atom is 0.273 e. The van der Waals surface area contributed by atoms with Crippen molar-refractivity contribution in [2.75, 3.05) is 0 Å². The van der Waals surface area contributed by atoms with Gasteiger partial charge in [-0.2, -0.15) is 0 Å². The summed E-state index contributed by atoms with van der Waals surface area (Å²) >= 11 is 0. The molecule has 0 N–H and O–H groups in total. The van der Waals surface area contributed by atoms with Crippen LogP contribution in [0.5, 0.6) is 0 Å². The van der Waals surface area contributed by atoms with Crippen molar-refractivity contribution in [1.29, 1.82) is 0 Å². The van der Waals surface area contributed by atoms with Gasteiger partial charge in [0.2, 0.25) is 0 Å². The molecular weight excluding hydrogens is 176 g/mol. The molecule has 0 saturated heterocycles. The van der Waals surface area contributed by atoms with Gasteiger partial charge in [-0.3, -0.25) is 0 Å². The van der Waals surface area contributed by atoms with E-state index < -0.39 is 0 Å². The van der Waals surface area contributed by atoms with E-state index in [-0.39, 0.29) is 0 Å². The minimum Gasteiger partial charge on any atom is -0.599 e. The van der Waals surface area contributed by atoms with Crippen molar-refractivity contribution in [3.8, 4) is 0 Å². The third-order valence-corrected chi connectivity index (χ3v) is 1.83. The summed E-state index contributed by atoms with van der Waals surface area (Å²) in [5.41, 5.74) is 0.656. The monoisotopic (exact) mass is 185 g/mol. The molecule has 14 heavy (non-hydrogen) atoms. The van der Waals surface area contributed by atoms with Gasteiger partial charge in [-0.25, -0.2) is 0 Å². The Hall–Kier alpha value is -1.38. The maximum atomic E-state index is 11.4. The minimum absolute atomic E-state index is 0.550. The van der Waals surface area contributed by atoms with Crippen LogP contribution in [0.4, 0.5) is 5.69 Å². The molecule has 0 aliphatic heterocycles. The summed E-state index contributed by atoms with van der Waals surface area (Å²) in [6.07, 6.45) is 7.06. The van der Waals surface area contributed by atoms with Crippen molar-refractivity contribution in [3.63, 3.8) is 0 Å². The van der Waals surface area contributed by atoms with Crippen LogP contribution in [0.1, 0.15) is 0 Å². The molecule has 1 saturated carbocycles. The molecule has 1 aliphatic rings. The predicted molar refractivity (Wildman–Crippen MR) is 52.6 cm³/mol. The lowest BCUT2D eigenvalue weighted by Gasteiger charge is -2.03. The predicted octanol–water partition coefficient (Wildman–Crippen LogP) is 2.64. The van der Waals surface area contributed by atoms with Crippen molar-refractivity contribution >= 4 is 5.69 Å². The first kappa shape index (κ1) is 9.19. The fraction of sp³-hybridized carbons (Fsp3) is 0. The lowest BCUT2D eigenvalue weighted by molar-refractivity contribution is -0.499. The number of hydrogen-bond acceptors (Lipinski definition) is 2. The highest BCUT2D eigenvalue weighted by molar-refractivity contribution is 5.35. The molecule has 0 bridgehead atoms. The van der Waals surface area contributed by atoms with Crippen molar-refractivity contribution < 1.29 is 4.86 Å². The van der Waals surface area contributed by atoms with Crippen LogP contribution in [0, 0.1) is 36.9 Å². The van der Waals surface area contributed by atoms with Crippen molar-refractivity contribution in [2.45, 2.75) is 0 Å². The number of benzene rings is 1. The highest BCUT2D eigenvalue weighted by atomic mass is 16.5. The summed E-state index contributed by atoms with van der Waals surface area (Å²) in [5, 5.41) is 15.3. The number of nitrogens with zero attached hydrogens (tertiary/aromatic N) is 2. The molecule has 3 nitrogen and oxygen atoms in total. The second-order valence-electron chi connectivity index (χ2n) is 2.85. The summed E-state index contributed by atoms with van der Waals surface area (Å²) in [4.78, 5) is 0.620. The van der Waals surface area contributed by atoms with Crippen LogP contribution in [0.3, 0.4) is 0 Å². The summed E-state index contributed by atoms with van der Waals surface area (Å²) in [6.45, 7) is 0. The van der Waals surface area contributed by atoms with E-state index in [0.29, 0.717) is 16.6 Å². The van der Waals surface area contributed by atoms with E-state index in [4.69, 9.17) is 0 Å². The minimum atomic E-state index is 0.550. The zero-order valence-electron chi connectivity index (χ0n) is 7.50. The van der Waals surface area contributed by atoms with Gasteiger partial charge in [-0.15, -0.1) is 0 Å². The lowest BCUT2D eigenvalue weighted by Crippen LogP contribution is -2.06. The third kappa shape index (κ3) is 2.10. The van der Waals surface area contributed by atoms with Crippen LogP contribution in [-0.4, -0.2) is 4.86 Å². The number of hydroxylamine groups is 1. The fourth-order valence-corrected chi connectivity index (χ4v) is 1.15. The van der Waals surface area contributed by atoms with Gasteiger partial charge in [-0.05, 0) is 25.0 Å². The summed E-state index contributed by atoms with van der Waals surface area (Å²) < 4.78 is 0. The molecule has 0 atom stereocenters. The average molecular weight is 185 g/mol. The van der Waals surface area contributed by atoms with Gasteiger partial charge in [0.05, 0.1) is 0 Å². The Labute approximate surface area is 83.7 Å². The molecule has 1 aliphatic carbocycles. The van der Waals surface area contributed by atoms with Crippen LogP contribution >= 0.6 is 0 Å². The molecule has 0 amide bonds. The van der Waals surface area contributed by atoms with Gasteiger partial charge in [0.1, 0.15) is 5.69 Å². The van der Waals surface area contributed by atoms with Gasteiger partial charge in [0.15, 0.2) is 0 Å². The Bertz CT molecular complexity index is 315. The molecule has 3 heteroatoms. The van der Waals surface area contributed by atoms with Gasteiger partial charge >= 0.3 is 0 Å². The summed E-state index contributed by atoms with van der Waals surface area (Å²) in [5.74, 6) is 0. The first-order valence-corrected chi connectivity index (χ1v) is 4.32. The largest absolute Gasteiger partial charge is 0.599 e. The first-order chi connectivity index (χ1) is 6.86. The zero-order valence-corrected chi connectivity index (χ0v) is 7.50. The molecule has 1 aromatic rings. The molecule has 0 heterocycles.